The molecule has 0 aliphatic carbocycles. The number of hydrogen-bond acceptors (Lipinski definition) is 7. The van der Waals surface area contributed by atoms with Crippen molar-refractivity contribution in [3.8, 4) is 0 Å². The summed E-state index contributed by atoms with van der Waals surface area (Å²) in [7, 11) is 1.58. The normalized spacial score (nSPS) is 14.7. The first-order valence-electron chi connectivity index (χ1n) is 9.31. The summed E-state index contributed by atoms with van der Waals surface area (Å²) in [4.78, 5) is 36.5. The molecule has 1 aromatic heterocycles. The average Bonchev–Trinajstić information content (AvgIpc) is 2.72. The van der Waals surface area contributed by atoms with Gasteiger partial charge in [-0.25, -0.2) is 4.98 Å². The fourth-order valence-electron chi connectivity index (χ4n) is 2.77. The van der Waals surface area contributed by atoms with Crippen LogP contribution in [0.15, 0.2) is 18.6 Å². The highest BCUT2D eigenvalue weighted by Gasteiger charge is 2.18. The largest absolute Gasteiger partial charge is 0.383 e. The molecule has 2 rings (SSSR count). The molecule has 0 radical (unpaired) electrons. The number of amides is 2. The third kappa shape index (κ3) is 7.98. The number of carbonyl (C=O) groups excluding carboxylic acids is 2. The molecule has 0 spiro atoms. The van der Waals surface area contributed by atoms with Gasteiger partial charge in [-0.1, -0.05) is 0 Å². The summed E-state index contributed by atoms with van der Waals surface area (Å²) in [5.41, 5.74) is 0.263. The minimum Gasteiger partial charge on any atom is -0.383 e. The van der Waals surface area contributed by atoms with Gasteiger partial charge in [0.15, 0.2) is 0 Å². The lowest BCUT2D eigenvalue weighted by molar-refractivity contribution is -0.121. The molecule has 2 amide bonds. The maximum Gasteiger partial charge on any atom is 0.274 e. The molecule has 9 heteroatoms. The molecule has 0 unspecified atom stereocenters. The second-order valence-corrected chi connectivity index (χ2v) is 6.28. The van der Waals surface area contributed by atoms with E-state index in [1.54, 1.807) is 12.0 Å². The van der Waals surface area contributed by atoms with Crippen LogP contribution in [0.1, 0.15) is 23.3 Å². The number of nitrogens with zero attached hydrogens (tertiary/aromatic N) is 4. The van der Waals surface area contributed by atoms with Gasteiger partial charge in [0.25, 0.3) is 5.91 Å². The minimum absolute atomic E-state index is 0.0636. The Morgan fingerprint density at radius 2 is 2.11 bits per heavy atom. The van der Waals surface area contributed by atoms with Crippen LogP contribution in [0.2, 0.25) is 0 Å². The van der Waals surface area contributed by atoms with Crippen LogP contribution in [0.4, 0.5) is 0 Å². The molecule has 1 saturated heterocycles. The molecule has 0 bridgehead atoms. The van der Waals surface area contributed by atoms with Gasteiger partial charge in [-0.15, -0.1) is 0 Å². The lowest BCUT2D eigenvalue weighted by Crippen LogP contribution is -2.39. The predicted molar refractivity (Wildman–Crippen MR) is 99.3 cm³/mol. The topological polar surface area (TPSA) is 96.9 Å². The molecule has 1 N–H and O–H groups in total. The van der Waals surface area contributed by atoms with Crippen LogP contribution in [0, 0.1) is 0 Å². The first-order chi connectivity index (χ1) is 13.2. The third-order valence-electron chi connectivity index (χ3n) is 4.32. The van der Waals surface area contributed by atoms with Crippen molar-refractivity contribution in [1.82, 2.24) is 25.1 Å². The van der Waals surface area contributed by atoms with E-state index >= 15 is 0 Å². The van der Waals surface area contributed by atoms with E-state index in [9.17, 15) is 9.59 Å². The molecule has 0 saturated carbocycles. The Kier molecular flexibility index (Phi) is 9.67. The fourth-order valence-corrected chi connectivity index (χ4v) is 2.77. The number of ether oxygens (including phenoxy) is 2. The SMILES string of the molecule is COCCN(CCC(=O)NCCCN1CCOCC1)C(=O)c1cnccn1. The first-order valence-corrected chi connectivity index (χ1v) is 9.31. The molecule has 27 heavy (non-hydrogen) atoms. The number of nitrogens with one attached hydrogen (secondary N) is 1. The van der Waals surface area contributed by atoms with E-state index in [1.807, 2.05) is 0 Å². The van der Waals surface area contributed by atoms with Gasteiger partial charge in [0.2, 0.25) is 5.91 Å². The van der Waals surface area contributed by atoms with Gasteiger partial charge in [0, 0.05) is 58.6 Å². The summed E-state index contributed by atoms with van der Waals surface area (Å²) in [5, 5.41) is 2.92. The van der Waals surface area contributed by atoms with Crippen LogP contribution >= 0.6 is 0 Å². The van der Waals surface area contributed by atoms with Gasteiger partial charge in [-0.3, -0.25) is 19.5 Å². The zero-order valence-electron chi connectivity index (χ0n) is 15.9. The molecule has 1 fully saturated rings. The van der Waals surface area contributed by atoms with Crippen LogP contribution in [-0.2, 0) is 14.3 Å². The maximum absolute atomic E-state index is 12.5. The molecular formula is C18H29N5O4. The van der Waals surface area contributed by atoms with Crippen molar-refractivity contribution >= 4 is 11.8 Å². The number of morpholine rings is 1. The van der Waals surface area contributed by atoms with E-state index < -0.39 is 0 Å². The number of hydrogen-bond donors (Lipinski definition) is 1. The Hall–Kier alpha value is -2.10. The van der Waals surface area contributed by atoms with Gasteiger partial charge in [0.1, 0.15) is 5.69 Å². The molecular weight excluding hydrogens is 350 g/mol. The third-order valence-corrected chi connectivity index (χ3v) is 4.32. The quantitative estimate of drug-likeness (QED) is 0.532. The van der Waals surface area contributed by atoms with Crippen LogP contribution in [0.3, 0.4) is 0 Å². The second-order valence-electron chi connectivity index (χ2n) is 6.28. The molecule has 2 heterocycles. The number of carbonyl (C=O) groups is 2. The summed E-state index contributed by atoms with van der Waals surface area (Å²) in [5.74, 6) is -0.313. The number of methoxy groups -OCH3 is 1. The van der Waals surface area contributed by atoms with E-state index in [0.29, 0.717) is 26.2 Å². The molecule has 150 valence electrons. The molecule has 1 aliphatic rings. The van der Waals surface area contributed by atoms with Crippen molar-refractivity contribution < 1.29 is 19.1 Å². The van der Waals surface area contributed by atoms with Crippen LogP contribution in [0.25, 0.3) is 0 Å². The number of aromatic nitrogens is 2. The van der Waals surface area contributed by atoms with Gasteiger partial charge >= 0.3 is 0 Å². The van der Waals surface area contributed by atoms with E-state index in [-0.39, 0.29) is 23.9 Å². The highest BCUT2D eigenvalue weighted by atomic mass is 16.5. The second kappa shape index (κ2) is 12.3. The number of rotatable bonds is 11. The predicted octanol–water partition coefficient (Wildman–Crippen LogP) is -0.206. The standard InChI is InChI=1S/C18H29N5O4/c1-26-12-11-23(18(25)16-15-19-5-6-20-16)8-3-17(24)21-4-2-7-22-9-13-27-14-10-22/h5-6,15H,2-4,7-14H2,1H3,(H,21,24). The Bertz CT molecular complexity index is 566. The molecule has 0 aromatic carbocycles. The summed E-state index contributed by atoms with van der Waals surface area (Å²) in [6.45, 7) is 6.16. The summed E-state index contributed by atoms with van der Waals surface area (Å²) < 4.78 is 10.4. The van der Waals surface area contributed by atoms with Gasteiger partial charge in [-0.2, -0.15) is 0 Å². The van der Waals surface area contributed by atoms with E-state index in [4.69, 9.17) is 9.47 Å². The van der Waals surface area contributed by atoms with Gasteiger partial charge < -0.3 is 19.7 Å². The van der Waals surface area contributed by atoms with Crippen LogP contribution < -0.4 is 5.32 Å². The van der Waals surface area contributed by atoms with Crippen LogP contribution in [0.5, 0.6) is 0 Å². The highest BCUT2D eigenvalue weighted by molar-refractivity contribution is 5.92. The van der Waals surface area contributed by atoms with E-state index in [1.165, 1.54) is 18.6 Å². The van der Waals surface area contributed by atoms with E-state index in [2.05, 4.69) is 20.2 Å². The summed E-state index contributed by atoms with van der Waals surface area (Å²) in [6.07, 6.45) is 5.56. The Morgan fingerprint density at radius 3 is 2.81 bits per heavy atom. The van der Waals surface area contributed by atoms with Crippen molar-refractivity contribution in [1.29, 1.82) is 0 Å². The Morgan fingerprint density at radius 1 is 1.30 bits per heavy atom. The zero-order chi connectivity index (χ0) is 19.3. The maximum atomic E-state index is 12.5. The van der Waals surface area contributed by atoms with Crippen molar-refractivity contribution in [2.24, 2.45) is 0 Å². The zero-order valence-corrected chi connectivity index (χ0v) is 15.9. The Labute approximate surface area is 160 Å². The lowest BCUT2D eigenvalue weighted by atomic mass is 10.3. The molecule has 0 atom stereocenters. The fraction of sp³-hybridized carbons (Fsp3) is 0.667. The van der Waals surface area contributed by atoms with Gasteiger partial charge in [0.05, 0.1) is 26.0 Å². The van der Waals surface area contributed by atoms with Crippen molar-refractivity contribution in [2.45, 2.75) is 12.8 Å². The van der Waals surface area contributed by atoms with E-state index in [0.717, 1.165) is 39.3 Å². The minimum atomic E-state index is -0.250. The molecule has 1 aromatic rings. The summed E-state index contributed by atoms with van der Waals surface area (Å²) in [6, 6.07) is 0. The first kappa shape index (κ1) is 21.2. The summed E-state index contributed by atoms with van der Waals surface area (Å²) >= 11 is 0. The molecule has 1 aliphatic heterocycles. The van der Waals surface area contributed by atoms with Crippen molar-refractivity contribution in [2.75, 3.05) is 66.2 Å². The lowest BCUT2D eigenvalue weighted by Gasteiger charge is -2.26. The monoisotopic (exact) mass is 379 g/mol. The molecule has 9 nitrogen and oxygen atoms in total. The highest BCUT2D eigenvalue weighted by Crippen LogP contribution is 2.02. The van der Waals surface area contributed by atoms with Crippen LogP contribution in [-0.4, -0.2) is 97.8 Å². The Balaban J connectivity index is 1.69. The van der Waals surface area contributed by atoms with Crippen molar-refractivity contribution in [3.05, 3.63) is 24.3 Å². The van der Waals surface area contributed by atoms with Crippen molar-refractivity contribution in [3.63, 3.8) is 0 Å². The smallest absolute Gasteiger partial charge is 0.274 e. The van der Waals surface area contributed by atoms with Gasteiger partial charge in [-0.05, 0) is 13.0 Å². The average molecular weight is 379 g/mol.